The monoisotopic (exact) mass is 708 g/mol. The van der Waals surface area contributed by atoms with Crippen LogP contribution in [0, 0.1) is 5.92 Å². The molecule has 2 heterocycles. The van der Waals surface area contributed by atoms with Crippen molar-refractivity contribution in [2.75, 3.05) is 5.75 Å². The van der Waals surface area contributed by atoms with Crippen molar-refractivity contribution < 1.29 is 23.0 Å². The number of thioether (sulfide) groups is 1. The topological polar surface area (TPSA) is 97.8 Å². The zero-order valence-electron chi connectivity index (χ0n) is 26.8. The third-order valence-corrected chi connectivity index (χ3v) is 12.5. The highest BCUT2D eigenvalue weighted by Gasteiger charge is 2.38. The molecule has 10 heteroatoms. The molecule has 7 nitrogen and oxygen atoms in total. The van der Waals surface area contributed by atoms with E-state index in [2.05, 4.69) is 17.7 Å². The van der Waals surface area contributed by atoms with E-state index in [0.29, 0.717) is 0 Å². The van der Waals surface area contributed by atoms with Crippen molar-refractivity contribution in [3.63, 3.8) is 0 Å². The van der Waals surface area contributed by atoms with E-state index >= 15 is 0 Å². The van der Waals surface area contributed by atoms with Gasteiger partial charge in [0.05, 0.1) is 33.9 Å². The summed E-state index contributed by atoms with van der Waals surface area (Å²) in [6.45, 7) is 2.31. The van der Waals surface area contributed by atoms with Crippen LogP contribution in [0.3, 0.4) is 0 Å². The fourth-order valence-electron chi connectivity index (χ4n) is 6.01. The number of hydrogen-bond acceptors (Lipinski definition) is 8. The minimum absolute atomic E-state index is 0.0110. The Morgan fingerprint density at radius 2 is 1.51 bits per heavy atom. The normalized spacial score (nSPS) is 19.6. The van der Waals surface area contributed by atoms with Crippen molar-refractivity contribution in [3.05, 3.63) is 150 Å². The number of ether oxygens (including phenoxy) is 2. The molecule has 1 saturated heterocycles. The van der Waals surface area contributed by atoms with E-state index in [9.17, 15) is 13.5 Å². The Hall–Kier alpha value is -3.87. The van der Waals surface area contributed by atoms with Gasteiger partial charge >= 0.3 is 0 Å². The maximum atomic E-state index is 12.9. The number of aliphatic hydroxyl groups excluding tert-OH is 1. The molecule has 1 aromatic heterocycles. The molecule has 4 atom stereocenters. The molecule has 4 unspecified atom stereocenters. The maximum Gasteiger partial charge on any atom is 0.240 e. The second-order valence-corrected chi connectivity index (χ2v) is 16.1. The number of hydrogen-bond donors (Lipinski definition) is 2. The van der Waals surface area contributed by atoms with Gasteiger partial charge in [0.25, 0.3) is 0 Å². The second kappa shape index (κ2) is 14.9. The predicted octanol–water partition coefficient (Wildman–Crippen LogP) is 8.52. The maximum absolute atomic E-state index is 12.9. The molecule has 0 saturated carbocycles. The number of nitrogens with zero attached hydrogens (tertiary/aromatic N) is 1. The van der Waals surface area contributed by atoms with Crippen LogP contribution in [-0.4, -0.2) is 30.4 Å². The van der Waals surface area contributed by atoms with E-state index in [1.54, 1.807) is 53.4 Å². The smallest absolute Gasteiger partial charge is 0.240 e. The number of para-hydroxylation sites is 1. The highest BCUT2D eigenvalue weighted by Crippen LogP contribution is 2.44. The van der Waals surface area contributed by atoms with Crippen LogP contribution in [0.5, 0.6) is 0 Å². The minimum Gasteiger partial charge on any atom is -0.392 e. The first-order valence-electron chi connectivity index (χ1n) is 16.1. The van der Waals surface area contributed by atoms with Gasteiger partial charge in [-0.15, -0.1) is 11.3 Å². The molecule has 7 rings (SSSR count). The molecule has 250 valence electrons. The van der Waals surface area contributed by atoms with Gasteiger partial charge in [0.15, 0.2) is 10.6 Å². The molecule has 1 fully saturated rings. The summed E-state index contributed by atoms with van der Waals surface area (Å²) in [5.41, 5.74) is 6.56. The van der Waals surface area contributed by atoms with Crippen molar-refractivity contribution in [3.8, 4) is 11.1 Å². The number of aromatic nitrogens is 1. The summed E-state index contributed by atoms with van der Waals surface area (Å²) in [4.78, 5) is 5.05. The lowest BCUT2D eigenvalue weighted by Gasteiger charge is -2.41. The summed E-state index contributed by atoms with van der Waals surface area (Å²) < 4.78 is 44.1. The fraction of sp³-hybridized carbons (Fsp3) is 0.205. The lowest BCUT2D eigenvalue weighted by molar-refractivity contribution is -0.268. The van der Waals surface area contributed by atoms with Crippen molar-refractivity contribution in [1.82, 2.24) is 9.71 Å². The van der Waals surface area contributed by atoms with Gasteiger partial charge in [-0.2, -0.15) is 0 Å². The summed E-state index contributed by atoms with van der Waals surface area (Å²) in [5, 5.41) is 9.60. The van der Waals surface area contributed by atoms with E-state index in [1.807, 2.05) is 91.0 Å². The van der Waals surface area contributed by atoms with Crippen LogP contribution >= 0.6 is 23.1 Å². The van der Waals surface area contributed by atoms with Crippen LogP contribution in [0.25, 0.3) is 21.3 Å². The Morgan fingerprint density at radius 1 is 0.816 bits per heavy atom. The SMILES string of the molecule is CC1C(CSc2nc3ccccc3s2)OC(c2ccc(-c3ccccc3CNS(=O)(=O)c3ccccc3)cc2)OC1c1ccc(CO)cc1. The Balaban J connectivity index is 1.11. The lowest BCUT2D eigenvalue weighted by Crippen LogP contribution is -2.38. The zero-order chi connectivity index (χ0) is 33.8. The highest BCUT2D eigenvalue weighted by molar-refractivity contribution is 8.01. The molecule has 6 aromatic rings. The van der Waals surface area contributed by atoms with Crippen LogP contribution in [0.2, 0.25) is 0 Å². The third-order valence-electron chi connectivity index (χ3n) is 8.79. The van der Waals surface area contributed by atoms with Crippen molar-refractivity contribution in [2.45, 2.75) is 47.8 Å². The summed E-state index contributed by atoms with van der Waals surface area (Å²) in [6, 6.07) is 40.4. The van der Waals surface area contributed by atoms with Gasteiger partial charge in [0.2, 0.25) is 10.0 Å². The van der Waals surface area contributed by atoms with Gasteiger partial charge in [0, 0.05) is 23.8 Å². The number of thiazole rings is 1. The van der Waals surface area contributed by atoms with E-state index in [-0.39, 0.29) is 36.2 Å². The molecule has 1 aliphatic rings. The molecule has 5 aromatic carbocycles. The number of fused-ring (bicyclic) bond motifs is 1. The minimum atomic E-state index is -3.65. The Labute approximate surface area is 295 Å². The fourth-order valence-corrected chi connectivity index (χ4v) is 9.29. The van der Waals surface area contributed by atoms with Crippen molar-refractivity contribution in [2.24, 2.45) is 5.92 Å². The van der Waals surface area contributed by atoms with Crippen LogP contribution in [0.15, 0.2) is 137 Å². The van der Waals surface area contributed by atoms with Gasteiger partial charge in [-0.1, -0.05) is 122 Å². The first kappa shape index (κ1) is 33.6. The van der Waals surface area contributed by atoms with Crippen LogP contribution < -0.4 is 4.72 Å². The average molecular weight is 709 g/mol. The highest BCUT2D eigenvalue weighted by atomic mass is 32.2. The number of sulfonamides is 1. The first-order chi connectivity index (χ1) is 23.9. The van der Waals surface area contributed by atoms with E-state index in [0.717, 1.165) is 49.0 Å². The predicted molar refractivity (Wildman–Crippen MR) is 196 cm³/mol. The molecular weight excluding hydrogens is 673 g/mol. The van der Waals surface area contributed by atoms with Crippen LogP contribution in [0.1, 0.15) is 41.6 Å². The molecule has 49 heavy (non-hydrogen) atoms. The van der Waals surface area contributed by atoms with Gasteiger partial charge < -0.3 is 14.6 Å². The number of benzene rings is 5. The van der Waals surface area contributed by atoms with Crippen molar-refractivity contribution >= 4 is 43.3 Å². The van der Waals surface area contributed by atoms with E-state index < -0.39 is 16.3 Å². The molecule has 0 spiro atoms. The molecule has 0 amide bonds. The van der Waals surface area contributed by atoms with Gasteiger partial charge in [-0.25, -0.2) is 18.1 Å². The summed E-state index contributed by atoms with van der Waals surface area (Å²) >= 11 is 3.40. The Kier molecular flexibility index (Phi) is 10.2. The summed E-state index contributed by atoms with van der Waals surface area (Å²) in [7, 11) is -3.65. The quantitative estimate of drug-likeness (QED) is 0.130. The first-order valence-corrected chi connectivity index (χ1v) is 19.4. The Bertz CT molecular complexity index is 2090. The number of nitrogens with one attached hydrogen (secondary N) is 1. The largest absolute Gasteiger partial charge is 0.392 e. The molecule has 0 bridgehead atoms. The number of rotatable bonds is 11. The van der Waals surface area contributed by atoms with Gasteiger partial charge in [0.1, 0.15) is 0 Å². The van der Waals surface area contributed by atoms with Crippen LogP contribution in [-0.2, 0) is 32.6 Å². The lowest BCUT2D eigenvalue weighted by atomic mass is 9.91. The van der Waals surface area contributed by atoms with E-state index in [4.69, 9.17) is 14.5 Å². The van der Waals surface area contributed by atoms with Crippen LogP contribution in [0.4, 0.5) is 0 Å². The molecular formula is C39H36N2O5S3. The molecule has 0 aliphatic carbocycles. The summed E-state index contributed by atoms with van der Waals surface area (Å²) in [6.07, 6.45) is -0.927. The van der Waals surface area contributed by atoms with E-state index in [1.165, 1.54) is 4.70 Å². The Morgan fingerprint density at radius 3 is 2.27 bits per heavy atom. The third kappa shape index (κ3) is 7.66. The van der Waals surface area contributed by atoms with Gasteiger partial charge in [-0.05, 0) is 52.1 Å². The average Bonchev–Trinajstić information content (AvgIpc) is 3.57. The molecule has 0 radical (unpaired) electrons. The van der Waals surface area contributed by atoms with Crippen molar-refractivity contribution in [1.29, 1.82) is 0 Å². The van der Waals surface area contributed by atoms with Gasteiger partial charge in [-0.3, -0.25) is 0 Å². The standard InChI is InChI=1S/C39H36N2O5S3/c1-26-35(25-47-39-41-34-13-7-8-14-36(34)48-39)45-38(46-37(26)29-17-15-27(24-42)16-18-29)30-21-19-28(20-22-30)33-12-6-5-9-31(33)23-40-49(43,44)32-10-3-2-4-11-32/h2-22,26,35,37-38,40,42H,23-25H2,1H3. The molecule has 2 N–H and O–H groups in total. The second-order valence-electron chi connectivity index (χ2n) is 12.0. The molecule has 1 aliphatic heterocycles. The zero-order valence-corrected chi connectivity index (χ0v) is 29.3. The summed E-state index contributed by atoms with van der Waals surface area (Å²) in [5.74, 6) is 0.778. The number of aliphatic hydroxyl groups is 1.